The van der Waals surface area contributed by atoms with Crippen LogP contribution in [0.5, 0.6) is 0 Å². The van der Waals surface area contributed by atoms with Gasteiger partial charge in [0.2, 0.25) is 5.91 Å². The third-order valence-corrected chi connectivity index (χ3v) is 5.63. The molecule has 3 rings (SSSR count). The summed E-state index contributed by atoms with van der Waals surface area (Å²) in [5, 5.41) is 6.01. The van der Waals surface area contributed by atoms with E-state index in [9.17, 15) is 9.59 Å². The van der Waals surface area contributed by atoms with Crippen LogP contribution in [0.15, 0.2) is 22.7 Å². The lowest BCUT2D eigenvalue weighted by molar-refractivity contribution is -0.130. The van der Waals surface area contributed by atoms with E-state index in [0.29, 0.717) is 31.6 Å². The van der Waals surface area contributed by atoms with Gasteiger partial charge in [-0.2, -0.15) is 0 Å². The van der Waals surface area contributed by atoms with E-state index in [-0.39, 0.29) is 17.9 Å². The molecular formula is C17H23N3O3S. The highest BCUT2D eigenvalue weighted by Gasteiger charge is 2.48. The number of hydrogen-bond acceptors (Lipinski definition) is 5. The molecule has 2 aliphatic heterocycles. The highest BCUT2D eigenvalue weighted by atomic mass is 32.1. The van der Waals surface area contributed by atoms with Gasteiger partial charge in [-0.15, -0.1) is 11.3 Å². The lowest BCUT2D eigenvalue weighted by atomic mass is 9.96. The molecule has 0 aliphatic carbocycles. The molecule has 1 spiro atoms. The van der Waals surface area contributed by atoms with E-state index in [4.69, 9.17) is 4.84 Å². The first-order chi connectivity index (χ1) is 11.4. The third-order valence-electron chi connectivity index (χ3n) is 4.76. The molecule has 0 aromatic carbocycles. The Hall–Kier alpha value is -1.89. The zero-order valence-electron chi connectivity index (χ0n) is 14.3. The van der Waals surface area contributed by atoms with Gasteiger partial charge in [0, 0.05) is 37.4 Å². The van der Waals surface area contributed by atoms with Gasteiger partial charge in [-0.05, 0) is 25.3 Å². The van der Waals surface area contributed by atoms with Crippen LogP contribution in [0.25, 0.3) is 0 Å². The molecule has 0 N–H and O–H groups in total. The molecule has 2 aliphatic rings. The molecule has 1 aromatic rings. The number of oxime groups is 1. The summed E-state index contributed by atoms with van der Waals surface area (Å²) in [5.74, 6) is 0.0160. The van der Waals surface area contributed by atoms with E-state index in [1.165, 1.54) is 0 Å². The van der Waals surface area contributed by atoms with Crippen molar-refractivity contribution < 1.29 is 14.4 Å². The largest absolute Gasteiger partial charge is 0.386 e. The van der Waals surface area contributed by atoms with E-state index in [2.05, 4.69) is 5.16 Å². The normalized spacial score (nSPS) is 22.8. The van der Waals surface area contributed by atoms with Gasteiger partial charge in [0.15, 0.2) is 5.60 Å². The van der Waals surface area contributed by atoms with Crippen LogP contribution in [0, 0.1) is 0 Å². The highest BCUT2D eigenvalue weighted by Crippen LogP contribution is 2.34. The molecular weight excluding hydrogens is 326 g/mol. The average Bonchev–Trinajstić information content (AvgIpc) is 3.28. The first-order valence-corrected chi connectivity index (χ1v) is 9.10. The van der Waals surface area contributed by atoms with Crippen LogP contribution in [0.2, 0.25) is 0 Å². The lowest BCUT2D eigenvalue weighted by Crippen LogP contribution is -2.41. The fraction of sp³-hybridized carbons (Fsp3) is 0.588. The predicted molar refractivity (Wildman–Crippen MR) is 93.0 cm³/mol. The third kappa shape index (κ3) is 3.31. The molecule has 130 valence electrons. The van der Waals surface area contributed by atoms with Crippen molar-refractivity contribution >= 4 is 28.9 Å². The molecule has 24 heavy (non-hydrogen) atoms. The first kappa shape index (κ1) is 17.0. The maximum Gasteiger partial charge on any atom is 0.271 e. The van der Waals surface area contributed by atoms with E-state index >= 15 is 0 Å². The molecule has 2 amide bonds. The summed E-state index contributed by atoms with van der Waals surface area (Å²) in [6.45, 7) is 5.08. The zero-order chi connectivity index (χ0) is 17.3. The zero-order valence-corrected chi connectivity index (χ0v) is 15.1. The standard InChI is InChI=1S/C17H23N3O3S/c1-12(2)19(3)16(22)14-10-17(23-18-14)6-7-20(11-17)15(21)9-13-5-4-8-24-13/h4-5,8,12H,6-7,9-11H2,1-3H3. The van der Waals surface area contributed by atoms with Crippen molar-refractivity contribution in [3.05, 3.63) is 22.4 Å². The molecule has 0 radical (unpaired) electrons. The Balaban J connectivity index is 1.58. The van der Waals surface area contributed by atoms with E-state index in [1.54, 1.807) is 23.3 Å². The number of likely N-dealkylation sites (tertiary alicyclic amines) is 1. The minimum atomic E-state index is -0.520. The van der Waals surface area contributed by atoms with Gasteiger partial charge in [0.25, 0.3) is 5.91 Å². The van der Waals surface area contributed by atoms with E-state index in [1.807, 2.05) is 36.3 Å². The number of hydrogen-bond donors (Lipinski definition) is 0. The minimum Gasteiger partial charge on any atom is -0.386 e. The summed E-state index contributed by atoms with van der Waals surface area (Å²) in [6, 6.07) is 4.04. The Morgan fingerprint density at radius 1 is 1.50 bits per heavy atom. The van der Waals surface area contributed by atoms with Crippen molar-refractivity contribution in [3.8, 4) is 0 Å². The fourth-order valence-electron chi connectivity index (χ4n) is 3.02. The topological polar surface area (TPSA) is 62.2 Å². The van der Waals surface area contributed by atoms with Crippen molar-refractivity contribution in [1.82, 2.24) is 9.80 Å². The quantitative estimate of drug-likeness (QED) is 0.834. The Bertz CT molecular complexity index is 656. The summed E-state index contributed by atoms with van der Waals surface area (Å²) < 4.78 is 0. The summed E-state index contributed by atoms with van der Waals surface area (Å²) in [5.41, 5.74) is -0.0627. The van der Waals surface area contributed by atoms with Crippen LogP contribution in [-0.4, -0.2) is 59.1 Å². The molecule has 7 heteroatoms. The smallest absolute Gasteiger partial charge is 0.271 e. The van der Waals surface area contributed by atoms with Gasteiger partial charge in [-0.3, -0.25) is 9.59 Å². The SMILES string of the molecule is CC(C)N(C)C(=O)C1=NOC2(CCN(C(=O)Cc3cccs3)C2)C1. The van der Waals surface area contributed by atoms with Crippen molar-refractivity contribution in [2.24, 2.45) is 5.16 Å². The molecule has 1 aromatic heterocycles. The maximum atomic E-state index is 12.4. The molecule has 6 nitrogen and oxygen atoms in total. The van der Waals surface area contributed by atoms with Gasteiger partial charge in [-0.25, -0.2) is 0 Å². The van der Waals surface area contributed by atoms with Gasteiger partial charge in [-0.1, -0.05) is 11.2 Å². The second-order valence-electron chi connectivity index (χ2n) is 6.82. The number of thiophene rings is 1. The summed E-state index contributed by atoms with van der Waals surface area (Å²) in [6.07, 6.45) is 1.62. The monoisotopic (exact) mass is 349 g/mol. The van der Waals surface area contributed by atoms with Gasteiger partial charge >= 0.3 is 0 Å². The second-order valence-corrected chi connectivity index (χ2v) is 7.85. The number of carbonyl (C=O) groups excluding carboxylic acids is 2. The first-order valence-electron chi connectivity index (χ1n) is 8.22. The average molecular weight is 349 g/mol. The summed E-state index contributed by atoms with van der Waals surface area (Å²) >= 11 is 1.59. The predicted octanol–water partition coefficient (Wildman–Crippen LogP) is 1.90. The Morgan fingerprint density at radius 3 is 2.96 bits per heavy atom. The Labute approximate surface area is 146 Å². The minimum absolute atomic E-state index is 0.0924. The number of carbonyl (C=O) groups is 2. The van der Waals surface area contributed by atoms with Crippen molar-refractivity contribution in [3.63, 3.8) is 0 Å². The Morgan fingerprint density at radius 2 is 2.29 bits per heavy atom. The molecule has 3 heterocycles. The van der Waals surface area contributed by atoms with Gasteiger partial charge in [0.1, 0.15) is 5.71 Å². The van der Waals surface area contributed by atoms with Crippen LogP contribution < -0.4 is 0 Å². The van der Waals surface area contributed by atoms with Crippen LogP contribution >= 0.6 is 11.3 Å². The molecule has 1 unspecified atom stereocenters. The van der Waals surface area contributed by atoms with Crippen molar-refractivity contribution in [2.75, 3.05) is 20.1 Å². The lowest BCUT2D eigenvalue weighted by Gasteiger charge is -2.23. The molecule has 1 atom stereocenters. The van der Waals surface area contributed by atoms with E-state index < -0.39 is 5.60 Å². The Kier molecular flexibility index (Phi) is 4.62. The van der Waals surface area contributed by atoms with E-state index in [0.717, 1.165) is 11.3 Å². The molecule has 0 bridgehead atoms. The highest BCUT2D eigenvalue weighted by molar-refractivity contribution is 7.10. The van der Waals surface area contributed by atoms with Crippen molar-refractivity contribution in [1.29, 1.82) is 0 Å². The van der Waals surface area contributed by atoms with Crippen molar-refractivity contribution in [2.45, 2.75) is 44.8 Å². The fourth-order valence-corrected chi connectivity index (χ4v) is 3.72. The summed E-state index contributed by atoms with van der Waals surface area (Å²) in [7, 11) is 1.77. The van der Waals surface area contributed by atoms with Gasteiger partial charge < -0.3 is 14.6 Å². The number of nitrogens with zero attached hydrogens (tertiary/aromatic N) is 3. The van der Waals surface area contributed by atoms with Gasteiger partial charge in [0.05, 0.1) is 13.0 Å². The van der Waals surface area contributed by atoms with Crippen LogP contribution in [0.3, 0.4) is 0 Å². The van der Waals surface area contributed by atoms with Crippen LogP contribution in [0.1, 0.15) is 31.6 Å². The second kappa shape index (κ2) is 6.55. The number of rotatable bonds is 4. The molecule has 1 saturated heterocycles. The number of amides is 2. The summed E-state index contributed by atoms with van der Waals surface area (Å²) in [4.78, 5) is 35.0. The molecule has 1 fully saturated rings. The molecule has 0 saturated carbocycles. The van der Waals surface area contributed by atoms with Crippen LogP contribution in [0.4, 0.5) is 0 Å². The maximum absolute atomic E-state index is 12.4. The van der Waals surface area contributed by atoms with Crippen LogP contribution in [-0.2, 0) is 20.8 Å².